The van der Waals surface area contributed by atoms with Crippen LogP contribution in [-0.2, 0) is 4.79 Å². The number of fused-ring (bicyclic) bond motifs is 1. The minimum Gasteiger partial charge on any atom is -0.486 e. The maximum Gasteiger partial charge on any atom is 0.229 e. The van der Waals surface area contributed by atoms with Gasteiger partial charge in [-0.15, -0.1) is 24.8 Å². The number of pyridine rings is 1. The number of piperidine rings is 1. The van der Waals surface area contributed by atoms with E-state index in [9.17, 15) is 4.79 Å². The molecule has 1 amide bonds. The summed E-state index contributed by atoms with van der Waals surface area (Å²) >= 11 is 0. The molecule has 2 fully saturated rings. The van der Waals surface area contributed by atoms with E-state index in [2.05, 4.69) is 15.6 Å². The number of amides is 1. The molecule has 1 unspecified atom stereocenters. The zero-order valence-corrected chi connectivity index (χ0v) is 17.6. The third-order valence-electron chi connectivity index (χ3n) is 5.94. The van der Waals surface area contributed by atoms with Crippen molar-refractivity contribution in [1.29, 1.82) is 0 Å². The van der Waals surface area contributed by atoms with Gasteiger partial charge in [-0.1, -0.05) is 6.07 Å². The Labute approximate surface area is 182 Å². The molecule has 6 nitrogen and oxygen atoms in total. The normalized spacial score (nSPS) is 20.8. The molecule has 2 aliphatic heterocycles. The number of halogens is 2. The summed E-state index contributed by atoms with van der Waals surface area (Å²) < 4.78 is 11.2. The molecular weight excluding hydrogens is 413 g/mol. The van der Waals surface area contributed by atoms with Gasteiger partial charge in [0.15, 0.2) is 11.5 Å². The van der Waals surface area contributed by atoms with Crippen molar-refractivity contribution in [2.45, 2.75) is 19.3 Å². The Kier molecular flexibility index (Phi) is 6.56. The van der Waals surface area contributed by atoms with Gasteiger partial charge >= 0.3 is 0 Å². The zero-order chi connectivity index (χ0) is 18.3. The summed E-state index contributed by atoms with van der Waals surface area (Å²) in [6.07, 6.45) is 3.19. The van der Waals surface area contributed by atoms with Crippen LogP contribution in [0.15, 0.2) is 36.4 Å². The number of anilines is 1. The number of carbonyl (C=O) groups is 1. The summed E-state index contributed by atoms with van der Waals surface area (Å²) in [5.74, 6) is 2.32. The quantitative estimate of drug-likeness (QED) is 0.765. The number of nitrogens with zero attached hydrogens (tertiary/aromatic N) is 1. The standard InChI is InChI=1S/C21H23N3O3.2ClH/c25-20(15-13-21(15)6-8-22-9-7-21)24-19-3-1-2-16(23-19)14-4-5-17-18(12-14)27-11-10-26-17;;/h1-5,12,15,22H,6-11,13H2,(H,23,24,25);2*1H. The summed E-state index contributed by atoms with van der Waals surface area (Å²) in [6, 6.07) is 11.5. The van der Waals surface area contributed by atoms with E-state index in [4.69, 9.17) is 9.47 Å². The molecule has 156 valence electrons. The van der Waals surface area contributed by atoms with Crippen molar-refractivity contribution in [3.05, 3.63) is 36.4 Å². The second kappa shape index (κ2) is 8.78. The van der Waals surface area contributed by atoms with Crippen LogP contribution in [0, 0.1) is 11.3 Å². The van der Waals surface area contributed by atoms with Gasteiger partial charge in [-0.2, -0.15) is 0 Å². The highest BCUT2D eigenvalue weighted by Gasteiger charge is 2.57. The monoisotopic (exact) mass is 437 g/mol. The van der Waals surface area contributed by atoms with Crippen molar-refractivity contribution in [3.8, 4) is 22.8 Å². The molecule has 1 aromatic carbocycles. The zero-order valence-electron chi connectivity index (χ0n) is 16.0. The Morgan fingerprint density at radius 2 is 1.83 bits per heavy atom. The van der Waals surface area contributed by atoms with Crippen molar-refractivity contribution >= 4 is 36.5 Å². The van der Waals surface area contributed by atoms with Crippen molar-refractivity contribution in [3.63, 3.8) is 0 Å². The van der Waals surface area contributed by atoms with Gasteiger partial charge in [0.25, 0.3) is 0 Å². The fourth-order valence-corrected chi connectivity index (χ4v) is 4.28. The van der Waals surface area contributed by atoms with E-state index in [-0.39, 0.29) is 42.1 Å². The first-order valence-electron chi connectivity index (χ1n) is 9.62. The lowest BCUT2D eigenvalue weighted by Gasteiger charge is -2.23. The molecule has 0 radical (unpaired) electrons. The summed E-state index contributed by atoms with van der Waals surface area (Å²) in [7, 11) is 0. The van der Waals surface area contributed by atoms with Gasteiger partial charge in [-0.25, -0.2) is 4.98 Å². The first kappa shape index (κ1) is 21.7. The molecule has 1 aromatic heterocycles. The van der Waals surface area contributed by atoms with Crippen LogP contribution in [0.3, 0.4) is 0 Å². The highest BCUT2D eigenvalue weighted by Crippen LogP contribution is 2.58. The Morgan fingerprint density at radius 1 is 1.07 bits per heavy atom. The lowest BCUT2D eigenvalue weighted by molar-refractivity contribution is -0.118. The van der Waals surface area contributed by atoms with E-state index in [1.807, 2.05) is 36.4 Å². The Morgan fingerprint density at radius 3 is 2.62 bits per heavy atom. The maximum atomic E-state index is 12.7. The van der Waals surface area contributed by atoms with E-state index in [1.165, 1.54) is 0 Å². The predicted octanol–water partition coefficient (Wildman–Crippen LogP) is 3.69. The first-order chi connectivity index (χ1) is 13.2. The van der Waals surface area contributed by atoms with Crippen molar-refractivity contribution in [2.24, 2.45) is 11.3 Å². The Bertz CT molecular complexity index is 887. The Balaban J connectivity index is 0.00000120. The van der Waals surface area contributed by atoms with Gasteiger partial charge in [0.1, 0.15) is 19.0 Å². The minimum atomic E-state index is 0. The van der Waals surface area contributed by atoms with Crippen molar-refractivity contribution in [2.75, 3.05) is 31.6 Å². The van der Waals surface area contributed by atoms with Crippen LogP contribution < -0.4 is 20.1 Å². The predicted molar refractivity (Wildman–Crippen MR) is 116 cm³/mol. The molecule has 2 aromatic rings. The van der Waals surface area contributed by atoms with Gasteiger partial charge in [0.2, 0.25) is 5.91 Å². The van der Waals surface area contributed by atoms with Crippen LogP contribution in [0.4, 0.5) is 5.82 Å². The molecule has 3 heterocycles. The smallest absolute Gasteiger partial charge is 0.229 e. The first-order valence-corrected chi connectivity index (χ1v) is 9.62. The molecule has 29 heavy (non-hydrogen) atoms. The average Bonchev–Trinajstić information content (AvgIpc) is 3.41. The van der Waals surface area contributed by atoms with E-state index < -0.39 is 0 Å². The van der Waals surface area contributed by atoms with Crippen molar-refractivity contribution in [1.82, 2.24) is 10.3 Å². The fraction of sp³-hybridized carbons (Fsp3) is 0.429. The highest BCUT2D eigenvalue weighted by atomic mass is 35.5. The third-order valence-corrected chi connectivity index (χ3v) is 5.94. The Hall–Kier alpha value is -2.02. The molecule has 3 aliphatic rings. The van der Waals surface area contributed by atoms with Crippen LogP contribution in [0.5, 0.6) is 11.5 Å². The van der Waals surface area contributed by atoms with E-state index in [0.29, 0.717) is 19.0 Å². The third kappa shape index (κ3) is 4.29. The number of ether oxygens (including phenoxy) is 2. The number of hydrogen-bond donors (Lipinski definition) is 2. The molecular formula is C21H25Cl2N3O3. The summed E-state index contributed by atoms with van der Waals surface area (Å²) in [5.41, 5.74) is 1.97. The molecule has 1 saturated heterocycles. The SMILES string of the molecule is Cl.Cl.O=C(Nc1cccc(-c2ccc3c(c2)OCCO3)n1)C1CC12CCNCC2. The molecule has 1 saturated carbocycles. The number of rotatable bonds is 3. The van der Waals surface area contributed by atoms with Crippen LogP contribution in [0.25, 0.3) is 11.3 Å². The summed E-state index contributed by atoms with van der Waals surface area (Å²) in [6.45, 7) is 3.16. The number of hydrogen-bond acceptors (Lipinski definition) is 5. The molecule has 0 bridgehead atoms. The van der Waals surface area contributed by atoms with Gasteiger partial charge in [0.05, 0.1) is 5.69 Å². The molecule has 1 atom stereocenters. The van der Waals surface area contributed by atoms with Gasteiger partial charge < -0.3 is 20.1 Å². The maximum absolute atomic E-state index is 12.7. The second-order valence-corrected chi connectivity index (χ2v) is 7.62. The lowest BCUT2D eigenvalue weighted by Crippen LogP contribution is -2.31. The van der Waals surface area contributed by atoms with Gasteiger partial charge in [-0.05, 0) is 68.1 Å². The molecule has 5 rings (SSSR count). The molecule has 2 N–H and O–H groups in total. The minimum absolute atomic E-state index is 0. The largest absolute Gasteiger partial charge is 0.486 e. The van der Waals surface area contributed by atoms with Crippen molar-refractivity contribution < 1.29 is 14.3 Å². The van der Waals surface area contributed by atoms with E-state index in [1.54, 1.807) is 0 Å². The topological polar surface area (TPSA) is 72.5 Å². The van der Waals surface area contributed by atoms with Gasteiger partial charge in [0, 0.05) is 11.5 Å². The van der Waals surface area contributed by atoms with Crippen LogP contribution in [-0.4, -0.2) is 37.2 Å². The fourth-order valence-electron chi connectivity index (χ4n) is 4.28. The van der Waals surface area contributed by atoms with Crippen LogP contribution in [0.1, 0.15) is 19.3 Å². The summed E-state index contributed by atoms with van der Waals surface area (Å²) in [5, 5.41) is 6.40. The van der Waals surface area contributed by atoms with E-state index in [0.717, 1.165) is 55.1 Å². The highest BCUT2D eigenvalue weighted by molar-refractivity contribution is 5.94. The number of benzene rings is 1. The van der Waals surface area contributed by atoms with Gasteiger partial charge in [-0.3, -0.25) is 4.79 Å². The number of nitrogens with one attached hydrogen (secondary N) is 2. The average molecular weight is 438 g/mol. The van der Waals surface area contributed by atoms with E-state index >= 15 is 0 Å². The lowest BCUT2D eigenvalue weighted by atomic mass is 9.92. The van der Waals surface area contributed by atoms with Crippen LogP contribution >= 0.6 is 24.8 Å². The molecule has 1 spiro atoms. The number of aromatic nitrogens is 1. The molecule has 1 aliphatic carbocycles. The second-order valence-electron chi connectivity index (χ2n) is 7.62. The molecule has 8 heteroatoms. The van der Waals surface area contributed by atoms with Crippen LogP contribution in [0.2, 0.25) is 0 Å². The number of carbonyl (C=O) groups excluding carboxylic acids is 1. The summed E-state index contributed by atoms with van der Waals surface area (Å²) in [4.78, 5) is 17.3.